The SMILES string of the molecule is c1ccc2c(c1)OC(c1cc3cn[nH]c3cn1)O2. The molecule has 2 aromatic heterocycles. The Kier molecular flexibility index (Phi) is 1.82. The highest BCUT2D eigenvalue weighted by molar-refractivity contribution is 5.77. The van der Waals surface area contributed by atoms with E-state index < -0.39 is 6.29 Å². The van der Waals surface area contributed by atoms with Crippen LogP contribution >= 0.6 is 0 Å². The summed E-state index contributed by atoms with van der Waals surface area (Å²) in [5.74, 6) is 1.49. The van der Waals surface area contributed by atoms with E-state index in [4.69, 9.17) is 9.47 Å². The molecule has 1 aromatic carbocycles. The maximum Gasteiger partial charge on any atom is 0.284 e. The fraction of sp³-hybridized carbons (Fsp3) is 0.0769. The molecule has 0 bridgehead atoms. The van der Waals surface area contributed by atoms with Crippen molar-refractivity contribution in [2.45, 2.75) is 6.29 Å². The number of benzene rings is 1. The third-order valence-electron chi connectivity index (χ3n) is 2.90. The Labute approximate surface area is 102 Å². The molecule has 5 nitrogen and oxygen atoms in total. The molecular formula is C13H9N3O2. The lowest BCUT2D eigenvalue weighted by Crippen LogP contribution is -2.09. The molecule has 5 heteroatoms. The maximum atomic E-state index is 5.70. The number of fused-ring (bicyclic) bond motifs is 2. The van der Waals surface area contributed by atoms with Gasteiger partial charge in [0.25, 0.3) is 6.29 Å². The van der Waals surface area contributed by atoms with E-state index in [1.807, 2.05) is 30.3 Å². The van der Waals surface area contributed by atoms with Crippen molar-refractivity contribution in [2.24, 2.45) is 0 Å². The van der Waals surface area contributed by atoms with E-state index in [1.165, 1.54) is 0 Å². The molecule has 0 radical (unpaired) electrons. The van der Waals surface area contributed by atoms with Crippen molar-refractivity contribution in [1.82, 2.24) is 15.2 Å². The standard InChI is InChI=1S/C13H9N3O2/c1-2-4-12-11(3-1)17-13(18-12)9-5-8-6-15-16-10(8)7-14-9/h1-7,13H,(H,15,16). The number of nitrogens with one attached hydrogen (secondary N) is 1. The summed E-state index contributed by atoms with van der Waals surface area (Å²) in [5, 5.41) is 7.81. The van der Waals surface area contributed by atoms with Gasteiger partial charge in [-0.05, 0) is 18.2 Å². The molecule has 1 aliphatic rings. The largest absolute Gasteiger partial charge is 0.445 e. The van der Waals surface area contributed by atoms with Crippen molar-refractivity contribution in [3.8, 4) is 11.5 Å². The first-order chi connectivity index (χ1) is 8.90. The lowest BCUT2D eigenvalue weighted by atomic mass is 10.2. The van der Waals surface area contributed by atoms with Gasteiger partial charge in [0.1, 0.15) is 5.69 Å². The fourth-order valence-corrected chi connectivity index (χ4v) is 2.01. The van der Waals surface area contributed by atoms with Gasteiger partial charge in [0.15, 0.2) is 11.5 Å². The van der Waals surface area contributed by atoms with Crippen molar-refractivity contribution in [2.75, 3.05) is 0 Å². The summed E-state index contributed by atoms with van der Waals surface area (Å²) >= 11 is 0. The number of hydrogen-bond donors (Lipinski definition) is 1. The van der Waals surface area contributed by atoms with Gasteiger partial charge in [0, 0.05) is 5.39 Å². The van der Waals surface area contributed by atoms with Crippen molar-refractivity contribution in [3.63, 3.8) is 0 Å². The quantitative estimate of drug-likeness (QED) is 0.708. The molecule has 0 atom stereocenters. The second-order valence-corrected chi connectivity index (χ2v) is 4.08. The van der Waals surface area contributed by atoms with Crippen LogP contribution in [0.5, 0.6) is 11.5 Å². The minimum absolute atomic E-state index is 0.485. The highest BCUT2D eigenvalue weighted by Gasteiger charge is 2.26. The van der Waals surface area contributed by atoms with E-state index in [0.717, 1.165) is 28.1 Å². The normalized spacial score (nSPS) is 14.2. The smallest absolute Gasteiger partial charge is 0.284 e. The number of pyridine rings is 1. The van der Waals surface area contributed by atoms with Gasteiger partial charge < -0.3 is 9.47 Å². The van der Waals surface area contributed by atoms with Gasteiger partial charge in [0.05, 0.1) is 17.9 Å². The molecule has 1 N–H and O–H groups in total. The fourth-order valence-electron chi connectivity index (χ4n) is 2.01. The number of aromatic nitrogens is 3. The second kappa shape index (κ2) is 3.46. The van der Waals surface area contributed by atoms with Crippen LogP contribution in [0.2, 0.25) is 0 Å². The Hall–Kier alpha value is -2.56. The molecule has 0 fully saturated rings. The van der Waals surface area contributed by atoms with Crippen LogP contribution in [0.3, 0.4) is 0 Å². The first-order valence-electron chi connectivity index (χ1n) is 5.61. The zero-order chi connectivity index (χ0) is 11.9. The number of rotatable bonds is 1. The van der Waals surface area contributed by atoms with Crippen molar-refractivity contribution >= 4 is 10.9 Å². The van der Waals surface area contributed by atoms with Gasteiger partial charge in [-0.25, -0.2) is 0 Å². The molecule has 0 amide bonds. The molecule has 1 aliphatic heterocycles. The molecule has 3 heterocycles. The zero-order valence-corrected chi connectivity index (χ0v) is 9.33. The Bertz CT molecular complexity index is 698. The summed E-state index contributed by atoms with van der Waals surface area (Å²) in [5.41, 5.74) is 1.63. The number of hydrogen-bond acceptors (Lipinski definition) is 4. The van der Waals surface area contributed by atoms with Gasteiger partial charge in [-0.15, -0.1) is 0 Å². The minimum Gasteiger partial charge on any atom is -0.445 e. The summed E-state index contributed by atoms with van der Waals surface area (Å²) in [6, 6.07) is 9.50. The third kappa shape index (κ3) is 1.34. The first-order valence-corrected chi connectivity index (χ1v) is 5.61. The lowest BCUT2D eigenvalue weighted by Gasteiger charge is -2.08. The summed E-state index contributed by atoms with van der Waals surface area (Å²) in [6.07, 6.45) is 3.00. The van der Waals surface area contributed by atoms with Gasteiger partial charge in [-0.3, -0.25) is 10.1 Å². The van der Waals surface area contributed by atoms with E-state index in [1.54, 1.807) is 12.4 Å². The summed E-state index contributed by atoms with van der Waals surface area (Å²) in [4.78, 5) is 4.32. The van der Waals surface area contributed by atoms with Crippen molar-refractivity contribution < 1.29 is 9.47 Å². The molecule has 18 heavy (non-hydrogen) atoms. The predicted molar refractivity (Wildman–Crippen MR) is 64.3 cm³/mol. The number of nitrogens with zero attached hydrogens (tertiary/aromatic N) is 2. The van der Waals surface area contributed by atoms with E-state index in [-0.39, 0.29) is 0 Å². The molecule has 0 saturated heterocycles. The van der Waals surface area contributed by atoms with Crippen LogP contribution in [-0.2, 0) is 0 Å². The number of aromatic amines is 1. The van der Waals surface area contributed by atoms with Crippen molar-refractivity contribution in [1.29, 1.82) is 0 Å². The number of para-hydroxylation sites is 2. The van der Waals surface area contributed by atoms with Gasteiger partial charge in [-0.1, -0.05) is 12.1 Å². The summed E-state index contributed by atoms with van der Waals surface area (Å²) in [7, 11) is 0. The molecule has 4 rings (SSSR count). The molecule has 88 valence electrons. The van der Waals surface area contributed by atoms with Crippen LogP contribution in [0.15, 0.2) is 42.7 Å². The van der Waals surface area contributed by atoms with E-state index in [9.17, 15) is 0 Å². The Morgan fingerprint density at radius 3 is 2.61 bits per heavy atom. The third-order valence-corrected chi connectivity index (χ3v) is 2.90. The molecule has 0 saturated carbocycles. The topological polar surface area (TPSA) is 60.0 Å². The average molecular weight is 239 g/mol. The van der Waals surface area contributed by atoms with Crippen LogP contribution in [0.25, 0.3) is 10.9 Å². The van der Waals surface area contributed by atoms with E-state index in [0.29, 0.717) is 0 Å². The predicted octanol–water partition coefficient (Wildman–Crippen LogP) is 2.43. The zero-order valence-electron chi connectivity index (χ0n) is 9.33. The monoisotopic (exact) mass is 239 g/mol. The van der Waals surface area contributed by atoms with Crippen molar-refractivity contribution in [3.05, 3.63) is 48.4 Å². The molecule has 3 aromatic rings. The van der Waals surface area contributed by atoms with Crippen LogP contribution in [0.1, 0.15) is 12.0 Å². The summed E-state index contributed by atoms with van der Waals surface area (Å²) in [6.45, 7) is 0. The van der Waals surface area contributed by atoms with Gasteiger partial charge in [-0.2, -0.15) is 5.10 Å². The van der Waals surface area contributed by atoms with Gasteiger partial charge in [0.2, 0.25) is 0 Å². The van der Waals surface area contributed by atoms with Crippen LogP contribution in [0.4, 0.5) is 0 Å². The van der Waals surface area contributed by atoms with E-state index >= 15 is 0 Å². The van der Waals surface area contributed by atoms with Crippen LogP contribution in [-0.4, -0.2) is 15.2 Å². The highest BCUT2D eigenvalue weighted by Crippen LogP contribution is 2.39. The van der Waals surface area contributed by atoms with E-state index in [2.05, 4.69) is 15.2 Å². The Balaban J connectivity index is 1.73. The minimum atomic E-state index is -0.485. The highest BCUT2D eigenvalue weighted by atomic mass is 16.7. The van der Waals surface area contributed by atoms with Gasteiger partial charge >= 0.3 is 0 Å². The number of ether oxygens (including phenoxy) is 2. The Morgan fingerprint density at radius 1 is 1.06 bits per heavy atom. The molecule has 0 unspecified atom stereocenters. The van der Waals surface area contributed by atoms with Crippen LogP contribution < -0.4 is 9.47 Å². The van der Waals surface area contributed by atoms with Crippen LogP contribution in [0, 0.1) is 0 Å². The molecule has 0 spiro atoms. The number of H-pyrrole nitrogens is 1. The molecular weight excluding hydrogens is 230 g/mol. The average Bonchev–Trinajstić information content (AvgIpc) is 3.04. The summed E-state index contributed by atoms with van der Waals surface area (Å²) < 4.78 is 11.4. The second-order valence-electron chi connectivity index (χ2n) is 4.08. The molecule has 0 aliphatic carbocycles. The first kappa shape index (κ1) is 9.47. The Morgan fingerprint density at radius 2 is 1.83 bits per heavy atom. The maximum absolute atomic E-state index is 5.70. The lowest BCUT2D eigenvalue weighted by molar-refractivity contribution is 0.0449.